The number of azo groups is 2. The summed E-state index contributed by atoms with van der Waals surface area (Å²) in [5.74, 6) is 5.12. The SMILES string of the molecule is C/C=C/C.CC#CC.CC=NC.CN=NC.CN=[N+](C)[O-].COC(C)=O. The van der Waals surface area contributed by atoms with Gasteiger partial charge in [0.25, 0.3) is 0 Å². The van der Waals surface area contributed by atoms with Gasteiger partial charge in [-0.2, -0.15) is 10.2 Å². The van der Waals surface area contributed by atoms with Crippen LogP contribution in [0.2, 0.25) is 0 Å². The predicted molar refractivity (Wildman–Crippen MR) is 112 cm³/mol. The van der Waals surface area contributed by atoms with Gasteiger partial charge in [0, 0.05) is 28.1 Å². The zero-order valence-electron chi connectivity index (χ0n) is 18.7. The number of hydrogen-bond donors (Lipinski definition) is 0. The van der Waals surface area contributed by atoms with Crippen LogP contribution >= 0.6 is 0 Å². The molecular weight excluding hydrogens is 334 g/mol. The van der Waals surface area contributed by atoms with E-state index >= 15 is 0 Å². The topological polar surface area (TPSA) is 102 Å². The van der Waals surface area contributed by atoms with Gasteiger partial charge in [-0.15, -0.1) is 16.7 Å². The first-order valence-electron chi connectivity index (χ1n) is 7.71. The van der Waals surface area contributed by atoms with Crippen molar-refractivity contribution in [2.45, 2.75) is 41.5 Å². The average molecular weight is 374 g/mol. The second-order valence-corrected chi connectivity index (χ2v) is 3.44. The zero-order chi connectivity index (χ0) is 22.2. The summed E-state index contributed by atoms with van der Waals surface area (Å²) < 4.78 is 4.11. The van der Waals surface area contributed by atoms with Gasteiger partial charge in [0.1, 0.15) is 0 Å². The van der Waals surface area contributed by atoms with E-state index in [0.717, 1.165) is 0 Å². The lowest BCUT2D eigenvalue weighted by Gasteiger charge is -1.82. The summed E-state index contributed by atoms with van der Waals surface area (Å²) in [7, 11) is 9.15. The molecule has 0 amide bonds. The molecule has 0 rings (SSSR count). The summed E-state index contributed by atoms with van der Waals surface area (Å²) in [6.45, 7) is 10.9. The molecule has 26 heavy (non-hydrogen) atoms. The third-order valence-corrected chi connectivity index (χ3v) is 1.61. The van der Waals surface area contributed by atoms with Crippen LogP contribution in [0.3, 0.4) is 0 Å². The quantitative estimate of drug-likeness (QED) is 0.119. The molecule has 0 unspecified atom stereocenters. The number of rotatable bonds is 0. The number of methoxy groups -OCH3 is 1. The van der Waals surface area contributed by atoms with E-state index in [0.29, 0.717) is 4.86 Å². The third kappa shape index (κ3) is 303. The van der Waals surface area contributed by atoms with E-state index < -0.39 is 0 Å². The Morgan fingerprint density at radius 3 is 1.23 bits per heavy atom. The van der Waals surface area contributed by atoms with Gasteiger partial charge in [-0.05, 0) is 45.9 Å². The number of hydrogen-bond acceptors (Lipinski definition) is 7. The van der Waals surface area contributed by atoms with Crippen molar-refractivity contribution in [1.29, 1.82) is 0 Å². The summed E-state index contributed by atoms with van der Waals surface area (Å²) in [5.41, 5.74) is 0. The number of carbonyl (C=O) groups excluding carboxylic acids is 1. The molecular formula is C18H39N5O3. The molecule has 0 heterocycles. The molecule has 0 bridgehead atoms. The largest absolute Gasteiger partial charge is 0.600 e. The first-order valence-corrected chi connectivity index (χ1v) is 7.71. The van der Waals surface area contributed by atoms with Crippen LogP contribution in [-0.4, -0.2) is 59.4 Å². The minimum atomic E-state index is -0.245. The van der Waals surface area contributed by atoms with Crippen LogP contribution in [0.5, 0.6) is 0 Å². The zero-order valence-corrected chi connectivity index (χ0v) is 18.7. The number of nitrogens with zero attached hydrogens (tertiary/aromatic N) is 5. The molecule has 0 saturated heterocycles. The van der Waals surface area contributed by atoms with E-state index in [1.807, 2.05) is 46.8 Å². The van der Waals surface area contributed by atoms with E-state index in [9.17, 15) is 10.0 Å². The van der Waals surface area contributed by atoms with Crippen molar-refractivity contribution in [3.63, 3.8) is 0 Å². The second-order valence-electron chi connectivity index (χ2n) is 3.44. The molecule has 0 aliphatic carbocycles. The highest BCUT2D eigenvalue weighted by Gasteiger charge is 1.75. The van der Waals surface area contributed by atoms with E-state index in [1.54, 1.807) is 27.4 Å². The number of carbonyl (C=O) groups is 1. The Morgan fingerprint density at radius 1 is 1.00 bits per heavy atom. The Bertz CT molecular complexity index is 361. The molecule has 0 fully saturated rings. The van der Waals surface area contributed by atoms with Gasteiger partial charge in [0.2, 0.25) is 0 Å². The highest BCUT2D eigenvalue weighted by Crippen LogP contribution is 1.60. The van der Waals surface area contributed by atoms with Crippen molar-refractivity contribution in [1.82, 2.24) is 0 Å². The lowest BCUT2D eigenvalue weighted by atomic mass is 10.6. The summed E-state index contributed by atoms with van der Waals surface area (Å²) in [5, 5.41) is 19.5. The Morgan fingerprint density at radius 2 is 1.23 bits per heavy atom. The molecule has 0 N–H and O–H groups in total. The van der Waals surface area contributed by atoms with Gasteiger partial charge < -0.3 is 14.9 Å². The fourth-order valence-electron chi connectivity index (χ4n) is 0. The second kappa shape index (κ2) is 57.1. The predicted octanol–water partition coefficient (Wildman–Crippen LogP) is 4.40. The lowest BCUT2D eigenvalue weighted by molar-refractivity contribution is -0.497. The molecule has 154 valence electrons. The maximum Gasteiger partial charge on any atom is 0.302 e. The molecule has 0 aliphatic heterocycles. The standard InChI is InChI=1S/C4H8.C4H6.C3H7N.C3H6O2.C2H6N2O.C2H6N2/c3*1-3-4-2;1-3(4)5-2;1-3-4(2)5;1-3-4-2/h3-4H,1-2H3;1-2H3;3H,1-2H3;2*1-2H3;1-2H3/b4-3+;;;;;. The lowest BCUT2D eigenvalue weighted by Crippen LogP contribution is -1.88. The average Bonchev–Trinajstić information content (AvgIpc) is 2.68. The number of aliphatic imine (C=N–C) groups is 1. The molecule has 0 spiro atoms. The van der Waals surface area contributed by atoms with Gasteiger partial charge in [-0.1, -0.05) is 12.2 Å². The highest BCUT2D eigenvalue weighted by molar-refractivity contribution is 5.65. The van der Waals surface area contributed by atoms with Crippen LogP contribution in [0.4, 0.5) is 0 Å². The summed E-state index contributed by atoms with van der Waals surface area (Å²) in [4.78, 5) is 13.7. The van der Waals surface area contributed by atoms with Gasteiger partial charge in [-0.25, -0.2) is 0 Å². The maximum atomic E-state index is 9.59. The van der Waals surface area contributed by atoms with Crippen LogP contribution in [0.25, 0.3) is 0 Å². The first-order chi connectivity index (χ1) is 12.2. The van der Waals surface area contributed by atoms with Crippen LogP contribution in [0, 0.1) is 17.0 Å². The van der Waals surface area contributed by atoms with E-state index in [4.69, 9.17) is 0 Å². The monoisotopic (exact) mass is 373 g/mol. The van der Waals surface area contributed by atoms with Crippen molar-refractivity contribution < 1.29 is 14.4 Å². The third-order valence-electron chi connectivity index (χ3n) is 1.61. The van der Waals surface area contributed by atoms with Crippen molar-refractivity contribution in [2.75, 3.05) is 42.3 Å². The van der Waals surface area contributed by atoms with Gasteiger partial charge in [0.15, 0.2) is 7.05 Å². The molecule has 0 aromatic rings. The number of esters is 1. The Kier molecular flexibility index (Phi) is 85.2. The van der Waals surface area contributed by atoms with E-state index in [1.165, 1.54) is 28.1 Å². The highest BCUT2D eigenvalue weighted by atomic mass is 16.5. The maximum absolute atomic E-state index is 9.59. The smallest absolute Gasteiger partial charge is 0.302 e. The number of ether oxygens (including phenoxy) is 1. The van der Waals surface area contributed by atoms with Crippen LogP contribution in [0.15, 0.2) is 32.5 Å². The van der Waals surface area contributed by atoms with Crippen molar-refractivity contribution >= 4 is 12.2 Å². The number of allylic oxidation sites excluding steroid dienone is 2. The van der Waals surface area contributed by atoms with Gasteiger partial charge >= 0.3 is 5.97 Å². The normalized spacial score (nSPS) is 8.54. The molecule has 0 aliphatic rings. The van der Waals surface area contributed by atoms with Crippen molar-refractivity contribution in [3.05, 3.63) is 17.4 Å². The molecule has 8 heteroatoms. The van der Waals surface area contributed by atoms with Crippen LogP contribution in [-0.2, 0) is 9.53 Å². The molecule has 8 nitrogen and oxygen atoms in total. The first kappa shape index (κ1) is 38.8. The molecule has 0 radical (unpaired) electrons. The minimum absolute atomic E-state index is 0.245. The molecule has 0 aromatic carbocycles. The van der Waals surface area contributed by atoms with Gasteiger partial charge in [-0.3, -0.25) is 4.79 Å². The summed E-state index contributed by atoms with van der Waals surface area (Å²) in [6.07, 6.45) is 5.75. The van der Waals surface area contributed by atoms with E-state index in [-0.39, 0.29) is 5.97 Å². The van der Waals surface area contributed by atoms with Crippen LogP contribution in [0.1, 0.15) is 41.5 Å². The Balaban J connectivity index is -0.0000000463. The molecule has 0 saturated carbocycles. The summed E-state index contributed by atoms with van der Waals surface area (Å²) >= 11 is 0. The Hall–Kier alpha value is -2.56. The fraction of sp³-hybridized carbons (Fsp3) is 0.667. The Labute approximate surface area is 160 Å². The minimum Gasteiger partial charge on any atom is -0.600 e. The van der Waals surface area contributed by atoms with Crippen molar-refractivity contribution in [2.24, 2.45) is 20.3 Å². The fourth-order valence-corrected chi connectivity index (χ4v) is 0. The van der Waals surface area contributed by atoms with Gasteiger partial charge in [0.05, 0.1) is 14.2 Å². The number of hydroxylamine groups is 1. The molecule has 0 atom stereocenters. The van der Waals surface area contributed by atoms with E-state index in [2.05, 4.69) is 36.9 Å². The molecule has 0 aromatic heterocycles. The van der Waals surface area contributed by atoms with Crippen LogP contribution < -0.4 is 0 Å². The van der Waals surface area contributed by atoms with Crippen molar-refractivity contribution in [3.8, 4) is 11.8 Å². The summed E-state index contributed by atoms with van der Waals surface area (Å²) in [6, 6.07) is 0.